The lowest BCUT2D eigenvalue weighted by Crippen LogP contribution is -2.18. The molecule has 6 heteroatoms. The summed E-state index contributed by atoms with van der Waals surface area (Å²) in [6.45, 7) is 6.27. The third kappa shape index (κ3) is 3.51. The molecule has 0 aliphatic heterocycles. The Labute approximate surface area is 124 Å². The average Bonchev–Trinajstić information content (AvgIpc) is 3.11. The molecule has 1 amide bonds. The molecular weight excluding hydrogens is 268 g/mol. The van der Waals surface area contributed by atoms with Gasteiger partial charge in [-0.05, 0) is 19.3 Å². The Morgan fingerprint density at radius 2 is 2.14 bits per heavy atom. The summed E-state index contributed by atoms with van der Waals surface area (Å²) in [5.74, 6) is 1.15. The molecule has 21 heavy (non-hydrogen) atoms. The van der Waals surface area contributed by atoms with Gasteiger partial charge < -0.3 is 9.84 Å². The summed E-state index contributed by atoms with van der Waals surface area (Å²) in [6, 6.07) is 3.77. The van der Waals surface area contributed by atoms with E-state index in [2.05, 4.69) is 36.3 Å². The van der Waals surface area contributed by atoms with E-state index in [0.717, 1.165) is 31.4 Å². The number of nitrogens with one attached hydrogen (secondary N) is 1. The van der Waals surface area contributed by atoms with Gasteiger partial charge in [0.1, 0.15) is 11.6 Å². The third-order valence-electron chi connectivity index (χ3n) is 3.49. The van der Waals surface area contributed by atoms with Gasteiger partial charge in [0.2, 0.25) is 0 Å². The van der Waals surface area contributed by atoms with Crippen LogP contribution in [-0.4, -0.2) is 20.8 Å². The molecule has 0 aliphatic carbocycles. The van der Waals surface area contributed by atoms with Crippen molar-refractivity contribution in [2.24, 2.45) is 0 Å². The second-order valence-corrected chi connectivity index (χ2v) is 5.01. The first kappa shape index (κ1) is 15.3. The van der Waals surface area contributed by atoms with Crippen molar-refractivity contribution in [3.63, 3.8) is 0 Å². The Hall–Kier alpha value is -2.11. The second kappa shape index (κ2) is 7.06. The summed E-state index contributed by atoms with van der Waals surface area (Å²) in [4.78, 5) is 12.2. The molecule has 0 saturated carbocycles. The van der Waals surface area contributed by atoms with E-state index in [-0.39, 0.29) is 11.9 Å². The number of aromatic nitrogens is 3. The van der Waals surface area contributed by atoms with Crippen LogP contribution in [-0.2, 0) is 6.42 Å². The topological polar surface area (TPSA) is 73.0 Å². The van der Waals surface area contributed by atoms with E-state index in [4.69, 9.17) is 4.52 Å². The van der Waals surface area contributed by atoms with E-state index in [1.807, 2.05) is 4.68 Å². The van der Waals surface area contributed by atoms with Gasteiger partial charge in [-0.3, -0.25) is 4.79 Å². The van der Waals surface area contributed by atoms with E-state index in [1.54, 1.807) is 18.3 Å². The Bertz CT molecular complexity index is 584. The highest BCUT2D eigenvalue weighted by Gasteiger charge is 2.17. The fourth-order valence-electron chi connectivity index (χ4n) is 2.30. The van der Waals surface area contributed by atoms with Gasteiger partial charge in [-0.2, -0.15) is 5.10 Å². The maximum absolute atomic E-state index is 12.2. The first-order valence-electron chi connectivity index (χ1n) is 7.50. The molecule has 0 radical (unpaired) electrons. The Balaban J connectivity index is 2.10. The lowest BCUT2D eigenvalue weighted by Gasteiger charge is -2.16. The highest BCUT2D eigenvalue weighted by Crippen LogP contribution is 2.20. The van der Waals surface area contributed by atoms with Crippen LogP contribution in [0.1, 0.15) is 62.3 Å². The van der Waals surface area contributed by atoms with Crippen LogP contribution in [0.15, 0.2) is 22.9 Å². The minimum atomic E-state index is -0.270. The van der Waals surface area contributed by atoms with Gasteiger partial charge in [0.15, 0.2) is 5.69 Å². The average molecular weight is 290 g/mol. The molecule has 0 aromatic carbocycles. The molecule has 0 saturated heterocycles. The van der Waals surface area contributed by atoms with Crippen molar-refractivity contribution in [3.8, 4) is 0 Å². The van der Waals surface area contributed by atoms with Crippen molar-refractivity contribution >= 4 is 11.7 Å². The fourth-order valence-corrected chi connectivity index (χ4v) is 2.30. The number of hydrogen-bond acceptors (Lipinski definition) is 4. The van der Waals surface area contributed by atoms with Gasteiger partial charge in [-0.25, -0.2) is 4.68 Å². The summed E-state index contributed by atoms with van der Waals surface area (Å²) >= 11 is 0. The monoisotopic (exact) mass is 290 g/mol. The van der Waals surface area contributed by atoms with Gasteiger partial charge >= 0.3 is 0 Å². The summed E-state index contributed by atoms with van der Waals surface area (Å²) in [7, 11) is 0. The Morgan fingerprint density at radius 3 is 2.81 bits per heavy atom. The van der Waals surface area contributed by atoms with Crippen LogP contribution in [0.5, 0.6) is 0 Å². The number of amides is 1. The van der Waals surface area contributed by atoms with E-state index < -0.39 is 0 Å². The summed E-state index contributed by atoms with van der Waals surface area (Å²) in [6.07, 6.45) is 5.36. The molecule has 0 spiro atoms. The van der Waals surface area contributed by atoms with Crippen LogP contribution in [0.25, 0.3) is 0 Å². The maximum Gasteiger partial charge on any atom is 0.278 e. The number of rotatable bonds is 7. The largest absolute Gasteiger partial charge is 0.361 e. The highest BCUT2D eigenvalue weighted by atomic mass is 16.5. The fraction of sp³-hybridized carbons (Fsp3) is 0.533. The normalized spacial score (nSPS) is 11.0. The number of anilines is 1. The first-order valence-corrected chi connectivity index (χ1v) is 7.50. The Morgan fingerprint density at radius 1 is 1.38 bits per heavy atom. The van der Waals surface area contributed by atoms with Gasteiger partial charge in [-0.1, -0.05) is 25.9 Å². The van der Waals surface area contributed by atoms with E-state index in [0.29, 0.717) is 11.5 Å². The number of carbonyl (C=O) groups excluding carboxylic acids is 1. The van der Waals surface area contributed by atoms with E-state index >= 15 is 0 Å². The molecule has 0 fully saturated rings. The van der Waals surface area contributed by atoms with E-state index in [9.17, 15) is 4.79 Å². The van der Waals surface area contributed by atoms with Crippen LogP contribution in [0, 0.1) is 0 Å². The highest BCUT2D eigenvalue weighted by molar-refractivity contribution is 6.02. The quantitative estimate of drug-likeness (QED) is 0.847. The van der Waals surface area contributed by atoms with Crippen LogP contribution >= 0.6 is 0 Å². The predicted octanol–water partition coefficient (Wildman–Crippen LogP) is 3.44. The predicted molar refractivity (Wildman–Crippen MR) is 80.3 cm³/mol. The molecule has 2 aromatic rings. The lowest BCUT2D eigenvalue weighted by atomic mass is 10.2. The zero-order valence-corrected chi connectivity index (χ0v) is 12.8. The zero-order valence-electron chi connectivity index (χ0n) is 12.8. The van der Waals surface area contributed by atoms with Gasteiger partial charge in [-0.15, -0.1) is 0 Å². The molecule has 0 unspecified atom stereocenters. The van der Waals surface area contributed by atoms with Crippen molar-refractivity contribution < 1.29 is 9.32 Å². The standard InChI is InChI=1S/C15H22N4O2/c1-4-7-12-10-13(18-21-12)15(20)17-14-8-9-16-19(14)11(5-2)6-3/h8-11H,4-7H2,1-3H3,(H,17,20). The maximum atomic E-state index is 12.2. The first-order chi connectivity index (χ1) is 10.2. The number of carbonyl (C=O) groups is 1. The zero-order chi connectivity index (χ0) is 15.2. The molecule has 1 N–H and O–H groups in total. The molecule has 2 heterocycles. The van der Waals surface area contributed by atoms with Gasteiger partial charge in [0, 0.05) is 18.6 Å². The summed E-state index contributed by atoms with van der Waals surface area (Å²) in [5.41, 5.74) is 0.302. The molecule has 0 aliphatic rings. The third-order valence-corrected chi connectivity index (χ3v) is 3.49. The van der Waals surface area contributed by atoms with Crippen molar-refractivity contribution in [3.05, 3.63) is 29.8 Å². The number of aryl methyl sites for hydroxylation is 1. The van der Waals surface area contributed by atoms with Crippen LogP contribution < -0.4 is 5.32 Å². The summed E-state index contributed by atoms with van der Waals surface area (Å²) < 4.78 is 6.98. The molecule has 6 nitrogen and oxygen atoms in total. The summed E-state index contributed by atoms with van der Waals surface area (Å²) in [5, 5.41) is 11.0. The van der Waals surface area contributed by atoms with Gasteiger partial charge in [0.05, 0.1) is 12.2 Å². The van der Waals surface area contributed by atoms with Crippen LogP contribution in [0.3, 0.4) is 0 Å². The van der Waals surface area contributed by atoms with Crippen molar-refractivity contribution in [1.29, 1.82) is 0 Å². The van der Waals surface area contributed by atoms with Crippen molar-refractivity contribution in [2.45, 2.75) is 52.5 Å². The molecule has 0 bridgehead atoms. The van der Waals surface area contributed by atoms with Crippen LogP contribution in [0.4, 0.5) is 5.82 Å². The second-order valence-electron chi connectivity index (χ2n) is 5.01. The molecule has 0 atom stereocenters. The molecule has 114 valence electrons. The van der Waals surface area contributed by atoms with E-state index in [1.165, 1.54) is 0 Å². The van der Waals surface area contributed by atoms with Crippen molar-refractivity contribution in [1.82, 2.24) is 14.9 Å². The van der Waals surface area contributed by atoms with Crippen LogP contribution in [0.2, 0.25) is 0 Å². The smallest absolute Gasteiger partial charge is 0.278 e. The molecule has 2 aromatic heterocycles. The Kier molecular flexibility index (Phi) is 5.14. The molecule has 2 rings (SSSR count). The minimum Gasteiger partial charge on any atom is -0.361 e. The number of nitrogens with zero attached hydrogens (tertiary/aromatic N) is 3. The van der Waals surface area contributed by atoms with Crippen molar-refractivity contribution in [2.75, 3.05) is 5.32 Å². The SMILES string of the molecule is CCCc1cc(C(=O)Nc2ccnn2C(CC)CC)no1. The lowest BCUT2D eigenvalue weighted by molar-refractivity contribution is 0.101. The number of hydrogen-bond donors (Lipinski definition) is 1. The molecular formula is C15H22N4O2. The van der Waals surface area contributed by atoms with Gasteiger partial charge in [0.25, 0.3) is 5.91 Å². The minimum absolute atomic E-state index is 0.270.